The molecule has 0 amide bonds. The van der Waals surface area contributed by atoms with Crippen LogP contribution in [0.15, 0.2) is 24.3 Å². The quantitative estimate of drug-likeness (QED) is 0.770. The number of hydrogen-bond acceptors (Lipinski definition) is 4. The highest BCUT2D eigenvalue weighted by molar-refractivity contribution is 5.80. The number of methoxy groups -OCH3 is 1. The van der Waals surface area contributed by atoms with Gasteiger partial charge in [-0.05, 0) is 37.7 Å². The molecule has 0 aliphatic carbocycles. The molecule has 0 aliphatic heterocycles. The molecule has 0 fully saturated rings. The number of nitrogens with one attached hydrogen (secondary N) is 1. The maximum atomic E-state index is 12.7. The first kappa shape index (κ1) is 15.4. The fourth-order valence-corrected chi connectivity index (χ4v) is 1.78. The minimum Gasteiger partial charge on any atom is -0.494 e. The van der Waals surface area contributed by atoms with Gasteiger partial charge in [-0.15, -0.1) is 0 Å². The van der Waals surface area contributed by atoms with E-state index in [1.54, 1.807) is 19.1 Å². The first-order valence-corrected chi connectivity index (χ1v) is 6.23. The lowest BCUT2D eigenvalue weighted by atomic mass is 9.98. The van der Waals surface area contributed by atoms with Crippen molar-refractivity contribution < 1.29 is 18.7 Å². The van der Waals surface area contributed by atoms with Crippen LogP contribution in [0.1, 0.15) is 20.3 Å². The first-order chi connectivity index (χ1) is 9.01. The molecule has 1 unspecified atom stereocenters. The zero-order valence-corrected chi connectivity index (χ0v) is 11.5. The number of hydrogen-bond donors (Lipinski definition) is 1. The summed E-state index contributed by atoms with van der Waals surface area (Å²) in [5.74, 6) is -0.0541. The lowest BCUT2D eigenvalue weighted by molar-refractivity contribution is -0.148. The molecule has 1 atom stereocenters. The Balaban J connectivity index is 2.52. The SMILES string of the molecule is CCNC(C)(CCOc1ccc(F)cc1)C(=O)OC. The van der Waals surface area contributed by atoms with Crippen molar-refractivity contribution in [3.05, 3.63) is 30.1 Å². The van der Waals surface area contributed by atoms with Gasteiger partial charge in [0.1, 0.15) is 17.1 Å². The highest BCUT2D eigenvalue weighted by Gasteiger charge is 2.33. The van der Waals surface area contributed by atoms with E-state index < -0.39 is 5.54 Å². The molecule has 106 valence electrons. The number of carbonyl (C=O) groups is 1. The van der Waals surface area contributed by atoms with E-state index in [4.69, 9.17) is 9.47 Å². The average molecular weight is 269 g/mol. The van der Waals surface area contributed by atoms with Crippen LogP contribution >= 0.6 is 0 Å². The van der Waals surface area contributed by atoms with Crippen molar-refractivity contribution in [3.8, 4) is 5.75 Å². The van der Waals surface area contributed by atoms with Crippen LogP contribution in [0.3, 0.4) is 0 Å². The fourth-order valence-electron chi connectivity index (χ4n) is 1.78. The van der Waals surface area contributed by atoms with Crippen LogP contribution in [0, 0.1) is 5.82 Å². The molecule has 5 heteroatoms. The Bertz CT molecular complexity index is 408. The Labute approximate surface area is 112 Å². The predicted octanol–water partition coefficient (Wildman–Crippen LogP) is 2.14. The van der Waals surface area contributed by atoms with Gasteiger partial charge in [-0.3, -0.25) is 4.79 Å². The van der Waals surface area contributed by atoms with Gasteiger partial charge in [0, 0.05) is 6.42 Å². The third-order valence-corrected chi connectivity index (χ3v) is 2.89. The van der Waals surface area contributed by atoms with Crippen molar-refractivity contribution in [2.45, 2.75) is 25.8 Å². The van der Waals surface area contributed by atoms with Gasteiger partial charge in [0.15, 0.2) is 0 Å². The number of halogens is 1. The number of esters is 1. The Morgan fingerprint density at radius 2 is 2.00 bits per heavy atom. The van der Waals surface area contributed by atoms with E-state index >= 15 is 0 Å². The standard InChI is InChI=1S/C14H20FNO3/c1-4-16-14(2,13(17)18-3)9-10-19-12-7-5-11(15)6-8-12/h5-8,16H,4,9-10H2,1-3H3. The van der Waals surface area contributed by atoms with Crippen LogP contribution in [0.4, 0.5) is 4.39 Å². The molecule has 1 aromatic rings. The summed E-state index contributed by atoms with van der Waals surface area (Å²) in [4.78, 5) is 11.7. The smallest absolute Gasteiger partial charge is 0.325 e. The third kappa shape index (κ3) is 4.52. The summed E-state index contributed by atoms with van der Waals surface area (Å²) in [6.45, 7) is 4.69. The molecule has 0 heterocycles. The van der Waals surface area contributed by atoms with E-state index in [9.17, 15) is 9.18 Å². The van der Waals surface area contributed by atoms with Crippen LogP contribution in [-0.4, -0.2) is 31.8 Å². The number of rotatable bonds is 7. The molecule has 1 aromatic carbocycles. The Kier molecular flexibility index (Phi) is 5.76. The highest BCUT2D eigenvalue weighted by atomic mass is 19.1. The Morgan fingerprint density at radius 3 is 2.53 bits per heavy atom. The van der Waals surface area contributed by atoms with Gasteiger partial charge in [0.25, 0.3) is 0 Å². The summed E-state index contributed by atoms with van der Waals surface area (Å²) in [7, 11) is 1.36. The largest absolute Gasteiger partial charge is 0.494 e. The van der Waals surface area contributed by atoms with E-state index in [2.05, 4.69) is 5.32 Å². The zero-order chi connectivity index (χ0) is 14.3. The monoisotopic (exact) mass is 269 g/mol. The van der Waals surface area contributed by atoms with Crippen LogP contribution < -0.4 is 10.1 Å². The van der Waals surface area contributed by atoms with Crippen LogP contribution in [-0.2, 0) is 9.53 Å². The second-order valence-electron chi connectivity index (χ2n) is 4.41. The van der Waals surface area contributed by atoms with E-state index in [0.717, 1.165) is 0 Å². The average Bonchev–Trinajstić information content (AvgIpc) is 2.40. The molecule has 0 saturated heterocycles. The number of ether oxygens (including phenoxy) is 2. The lowest BCUT2D eigenvalue weighted by Crippen LogP contribution is -2.51. The van der Waals surface area contributed by atoms with Gasteiger partial charge < -0.3 is 14.8 Å². The van der Waals surface area contributed by atoms with Crippen LogP contribution in [0.2, 0.25) is 0 Å². The number of carbonyl (C=O) groups excluding carboxylic acids is 1. The number of likely N-dealkylation sites (N-methyl/N-ethyl adjacent to an activating group) is 1. The Hall–Kier alpha value is -1.62. The van der Waals surface area contributed by atoms with E-state index in [-0.39, 0.29) is 11.8 Å². The summed E-state index contributed by atoms with van der Waals surface area (Å²) >= 11 is 0. The van der Waals surface area contributed by atoms with E-state index in [1.807, 2.05) is 6.92 Å². The summed E-state index contributed by atoms with van der Waals surface area (Å²) < 4.78 is 23.0. The minimum atomic E-state index is -0.774. The summed E-state index contributed by atoms with van der Waals surface area (Å²) in [5, 5.41) is 3.09. The van der Waals surface area contributed by atoms with Crippen LogP contribution in [0.5, 0.6) is 5.75 Å². The molecule has 0 saturated carbocycles. The lowest BCUT2D eigenvalue weighted by Gasteiger charge is -2.27. The molecule has 0 aromatic heterocycles. The number of benzene rings is 1. The van der Waals surface area contributed by atoms with Crippen molar-refractivity contribution in [1.82, 2.24) is 5.32 Å². The molecule has 0 spiro atoms. The first-order valence-electron chi connectivity index (χ1n) is 6.23. The molecular weight excluding hydrogens is 249 g/mol. The van der Waals surface area contributed by atoms with E-state index in [1.165, 1.54) is 19.2 Å². The van der Waals surface area contributed by atoms with Gasteiger partial charge in [-0.2, -0.15) is 0 Å². The van der Waals surface area contributed by atoms with Gasteiger partial charge in [0.05, 0.1) is 13.7 Å². The van der Waals surface area contributed by atoms with Crippen molar-refractivity contribution >= 4 is 5.97 Å². The molecular formula is C14H20FNO3. The van der Waals surface area contributed by atoms with Gasteiger partial charge in [0.2, 0.25) is 0 Å². The van der Waals surface area contributed by atoms with Crippen molar-refractivity contribution in [2.24, 2.45) is 0 Å². The van der Waals surface area contributed by atoms with Gasteiger partial charge in [-0.1, -0.05) is 6.92 Å². The summed E-state index contributed by atoms with van der Waals surface area (Å²) in [6.07, 6.45) is 0.463. The van der Waals surface area contributed by atoms with Crippen LogP contribution in [0.25, 0.3) is 0 Å². The second-order valence-corrected chi connectivity index (χ2v) is 4.41. The molecule has 4 nitrogen and oxygen atoms in total. The van der Waals surface area contributed by atoms with Crippen molar-refractivity contribution in [2.75, 3.05) is 20.3 Å². The predicted molar refractivity (Wildman–Crippen MR) is 70.6 cm³/mol. The van der Waals surface area contributed by atoms with Crippen molar-refractivity contribution in [1.29, 1.82) is 0 Å². The molecule has 0 bridgehead atoms. The molecule has 19 heavy (non-hydrogen) atoms. The molecule has 0 aliphatic rings. The summed E-state index contributed by atoms with van der Waals surface area (Å²) in [6, 6.07) is 5.77. The fraction of sp³-hybridized carbons (Fsp3) is 0.500. The normalized spacial score (nSPS) is 13.7. The molecule has 1 rings (SSSR count). The van der Waals surface area contributed by atoms with E-state index in [0.29, 0.717) is 25.3 Å². The molecule has 0 radical (unpaired) electrons. The second kappa shape index (κ2) is 7.09. The Morgan fingerprint density at radius 1 is 1.37 bits per heavy atom. The minimum absolute atomic E-state index is 0.306. The van der Waals surface area contributed by atoms with Gasteiger partial charge in [-0.25, -0.2) is 4.39 Å². The third-order valence-electron chi connectivity index (χ3n) is 2.89. The maximum Gasteiger partial charge on any atom is 0.325 e. The topological polar surface area (TPSA) is 47.6 Å². The van der Waals surface area contributed by atoms with Gasteiger partial charge >= 0.3 is 5.97 Å². The summed E-state index contributed by atoms with van der Waals surface area (Å²) in [5.41, 5.74) is -0.774. The van der Waals surface area contributed by atoms with Crippen molar-refractivity contribution in [3.63, 3.8) is 0 Å². The molecule has 1 N–H and O–H groups in total. The zero-order valence-electron chi connectivity index (χ0n) is 11.5. The maximum absolute atomic E-state index is 12.7. The highest BCUT2D eigenvalue weighted by Crippen LogP contribution is 2.15.